The molecule has 2 rings (SSSR count). The number of nitrogen functional groups attached to an aromatic ring is 1. The van der Waals surface area contributed by atoms with E-state index in [1.807, 2.05) is 5.43 Å². The van der Waals surface area contributed by atoms with Crippen molar-refractivity contribution in [3.05, 3.63) is 33.8 Å². The molecule has 0 bridgehead atoms. The number of hydrogen-bond donors (Lipinski definition) is 3. The first kappa shape index (κ1) is 13.5. The third-order valence-corrected chi connectivity index (χ3v) is 3.45. The Bertz CT molecular complexity index is 545. The lowest BCUT2D eigenvalue weighted by atomic mass is 10.1. The zero-order chi connectivity index (χ0) is 14.0. The molecule has 8 heteroatoms. The number of hydrogen-bond acceptors (Lipinski definition) is 4. The van der Waals surface area contributed by atoms with E-state index in [2.05, 4.69) is 21.2 Å². The van der Waals surface area contributed by atoms with Crippen LogP contribution in [-0.4, -0.2) is 29.3 Å². The SMILES string of the molecule is NNC(=O)c1ccc(CN2C(=O)CNC2=O)c(Br)c1. The van der Waals surface area contributed by atoms with Gasteiger partial charge in [0.1, 0.15) is 0 Å². The Morgan fingerprint density at radius 3 is 2.74 bits per heavy atom. The summed E-state index contributed by atoms with van der Waals surface area (Å²) in [7, 11) is 0. The average Bonchev–Trinajstić information content (AvgIpc) is 2.71. The summed E-state index contributed by atoms with van der Waals surface area (Å²) in [5.74, 6) is 4.35. The highest BCUT2D eigenvalue weighted by Gasteiger charge is 2.28. The van der Waals surface area contributed by atoms with Crippen molar-refractivity contribution in [1.29, 1.82) is 0 Å². The maximum atomic E-state index is 11.5. The van der Waals surface area contributed by atoms with Crippen molar-refractivity contribution in [3.63, 3.8) is 0 Å². The van der Waals surface area contributed by atoms with Gasteiger partial charge in [0.25, 0.3) is 5.91 Å². The molecule has 0 aliphatic carbocycles. The third-order valence-electron chi connectivity index (χ3n) is 2.71. The highest BCUT2D eigenvalue weighted by atomic mass is 79.9. The standard InChI is InChI=1S/C11H11BrN4O3/c12-8-3-6(10(18)15-13)1-2-7(8)5-16-9(17)4-14-11(16)19/h1-3H,4-5,13H2,(H,14,19)(H,15,18). The largest absolute Gasteiger partial charge is 0.329 e. The molecule has 0 saturated carbocycles. The first-order chi connectivity index (χ1) is 9.02. The van der Waals surface area contributed by atoms with Crippen LogP contribution in [0.15, 0.2) is 22.7 Å². The lowest BCUT2D eigenvalue weighted by Crippen LogP contribution is -2.31. The predicted molar refractivity (Wildman–Crippen MR) is 69.7 cm³/mol. The van der Waals surface area contributed by atoms with E-state index in [1.165, 1.54) is 0 Å². The van der Waals surface area contributed by atoms with Crippen LogP contribution in [-0.2, 0) is 11.3 Å². The summed E-state index contributed by atoms with van der Waals surface area (Å²) in [6, 6.07) is 4.39. The van der Waals surface area contributed by atoms with Gasteiger partial charge in [0.15, 0.2) is 0 Å². The second-order valence-electron chi connectivity index (χ2n) is 3.92. The van der Waals surface area contributed by atoms with E-state index >= 15 is 0 Å². The van der Waals surface area contributed by atoms with E-state index in [1.54, 1.807) is 18.2 Å². The lowest BCUT2D eigenvalue weighted by Gasteiger charge is -2.14. The molecule has 4 N–H and O–H groups in total. The summed E-state index contributed by atoms with van der Waals surface area (Å²) in [5.41, 5.74) is 3.13. The van der Waals surface area contributed by atoms with E-state index in [4.69, 9.17) is 5.84 Å². The first-order valence-electron chi connectivity index (χ1n) is 5.40. The van der Waals surface area contributed by atoms with Crippen molar-refractivity contribution in [2.45, 2.75) is 6.54 Å². The molecular weight excluding hydrogens is 316 g/mol. The van der Waals surface area contributed by atoms with Crippen molar-refractivity contribution >= 4 is 33.8 Å². The number of amides is 4. The van der Waals surface area contributed by atoms with Gasteiger partial charge < -0.3 is 5.32 Å². The van der Waals surface area contributed by atoms with Crippen LogP contribution < -0.4 is 16.6 Å². The van der Waals surface area contributed by atoms with Gasteiger partial charge in [-0.25, -0.2) is 10.6 Å². The minimum absolute atomic E-state index is 0.0180. The Labute approximate surface area is 117 Å². The summed E-state index contributed by atoms with van der Waals surface area (Å²) < 4.78 is 0.626. The van der Waals surface area contributed by atoms with Gasteiger partial charge >= 0.3 is 6.03 Å². The highest BCUT2D eigenvalue weighted by Crippen LogP contribution is 2.21. The number of nitrogens with two attached hydrogens (primary N) is 1. The molecule has 19 heavy (non-hydrogen) atoms. The number of rotatable bonds is 3. The number of benzene rings is 1. The zero-order valence-corrected chi connectivity index (χ0v) is 11.4. The normalized spacial score (nSPS) is 14.5. The van der Waals surface area contributed by atoms with Crippen LogP contribution in [0.1, 0.15) is 15.9 Å². The Morgan fingerprint density at radius 2 is 2.21 bits per heavy atom. The molecule has 0 atom stereocenters. The number of nitrogens with zero attached hydrogens (tertiary/aromatic N) is 1. The Balaban J connectivity index is 2.20. The van der Waals surface area contributed by atoms with Gasteiger partial charge in [-0.2, -0.15) is 0 Å². The van der Waals surface area contributed by atoms with Crippen LogP contribution in [0.5, 0.6) is 0 Å². The number of nitrogens with one attached hydrogen (secondary N) is 2. The Hall–Kier alpha value is -1.93. The van der Waals surface area contributed by atoms with Gasteiger partial charge in [-0.1, -0.05) is 22.0 Å². The van der Waals surface area contributed by atoms with Crippen molar-refractivity contribution in [1.82, 2.24) is 15.6 Å². The summed E-state index contributed by atoms with van der Waals surface area (Å²) in [4.78, 5) is 35.3. The summed E-state index contributed by atoms with van der Waals surface area (Å²) in [5, 5.41) is 2.44. The molecule has 7 nitrogen and oxygen atoms in total. The van der Waals surface area contributed by atoms with E-state index in [9.17, 15) is 14.4 Å². The number of carbonyl (C=O) groups is 3. The smallest absolute Gasteiger partial charge is 0.324 e. The number of hydrazine groups is 1. The minimum atomic E-state index is -0.416. The minimum Gasteiger partial charge on any atom is -0.329 e. The van der Waals surface area contributed by atoms with Crippen molar-refractivity contribution in [2.24, 2.45) is 5.84 Å². The maximum Gasteiger partial charge on any atom is 0.324 e. The van der Waals surface area contributed by atoms with E-state index in [0.717, 1.165) is 10.5 Å². The number of imide groups is 1. The fraction of sp³-hybridized carbons (Fsp3) is 0.182. The van der Waals surface area contributed by atoms with E-state index < -0.39 is 11.9 Å². The van der Waals surface area contributed by atoms with Gasteiger partial charge in [0, 0.05) is 10.0 Å². The molecule has 1 heterocycles. The summed E-state index contributed by atoms with van der Waals surface area (Å²) in [6.07, 6.45) is 0. The van der Waals surface area contributed by atoms with E-state index in [0.29, 0.717) is 10.0 Å². The predicted octanol–water partition coefficient (Wildman–Crippen LogP) is 0.104. The monoisotopic (exact) mass is 326 g/mol. The fourth-order valence-corrected chi connectivity index (χ4v) is 2.19. The molecule has 0 aromatic heterocycles. The molecule has 1 saturated heterocycles. The second kappa shape index (κ2) is 5.37. The van der Waals surface area contributed by atoms with Gasteiger partial charge in [-0.15, -0.1) is 0 Å². The molecule has 0 radical (unpaired) electrons. The molecule has 0 spiro atoms. The quantitative estimate of drug-likeness (QED) is 0.317. The molecule has 1 aliphatic rings. The maximum absolute atomic E-state index is 11.5. The van der Waals surface area contributed by atoms with Crippen LogP contribution in [0, 0.1) is 0 Å². The Morgan fingerprint density at radius 1 is 1.47 bits per heavy atom. The first-order valence-corrected chi connectivity index (χ1v) is 6.20. The molecule has 4 amide bonds. The van der Waals surface area contributed by atoms with Crippen LogP contribution in [0.3, 0.4) is 0 Å². The van der Waals surface area contributed by atoms with Crippen molar-refractivity contribution in [2.75, 3.05) is 6.54 Å². The number of carbonyl (C=O) groups excluding carboxylic acids is 3. The third kappa shape index (κ3) is 2.74. The molecule has 0 unspecified atom stereocenters. The van der Waals surface area contributed by atoms with Crippen molar-refractivity contribution < 1.29 is 14.4 Å². The Kier molecular flexibility index (Phi) is 3.82. The van der Waals surface area contributed by atoms with Crippen LogP contribution in [0.25, 0.3) is 0 Å². The topological polar surface area (TPSA) is 105 Å². The number of halogens is 1. The molecule has 1 fully saturated rings. The average molecular weight is 327 g/mol. The van der Waals surface area contributed by atoms with Gasteiger partial charge in [0.2, 0.25) is 5.91 Å². The number of urea groups is 1. The molecule has 100 valence electrons. The van der Waals surface area contributed by atoms with Crippen LogP contribution >= 0.6 is 15.9 Å². The molecule has 1 aromatic carbocycles. The zero-order valence-electron chi connectivity index (χ0n) is 9.77. The molecule has 1 aliphatic heterocycles. The fourth-order valence-electron chi connectivity index (χ4n) is 1.69. The lowest BCUT2D eigenvalue weighted by molar-refractivity contribution is -0.125. The van der Waals surface area contributed by atoms with Gasteiger partial charge in [-0.3, -0.25) is 19.9 Å². The summed E-state index contributed by atoms with van der Waals surface area (Å²) >= 11 is 3.30. The molecular formula is C11H11BrN4O3. The highest BCUT2D eigenvalue weighted by molar-refractivity contribution is 9.10. The molecule has 1 aromatic rings. The van der Waals surface area contributed by atoms with Gasteiger partial charge in [0.05, 0.1) is 13.1 Å². The van der Waals surface area contributed by atoms with Crippen LogP contribution in [0.2, 0.25) is 0 Å². The second-order valence-corrected chi connectivity index (χ2v) is 4.77. The van der Waals surface area contributed by atoms with E-state index in [-0.39, 0.29) is 19.0 Å². The van der Waals surface area contributed by atoms with Crippen LogP contribution in [0.4, 0.5) is 4.79 Å². The summed E-state index contributed by atoms with van der Waals surface area (Å²) in [6.45, 7) is 0.167. The van der Waals surface area contributed by atoms with Crippen molar-refractivity contribution in [3.8, 4) is 0 Å². The van der Waals surface area contributed by atoms with Gasteiger partial charge in [-0.05, 0) is 17.7 Å².